The van der Waals surface area contributed by atoms with Gasteiger partial charge in [0.1, 0.15) is 17.1 Å². The highest BCUT2D eigenvalue weighted by Gasteiger charge is 2.20. The topological polar surface area (TPSA) is 64.4 Å². The Morgan fingerprint density at radius 1 is 1.39 bits per heavy atom. The van der Waals surface area contributed by atoms with E-state index >= 15 is 0 Å². The lowest BCUT2D eigenvalue weighted by Crippen LogP contribution is -2.12. The second-order valence-corrected chi connectivity index (χ2v) is 6.43. The van der Waals surface area contributed by atoms with Gasteiger partial charge in [0.25, 0.3) is 5.91 Å². The van der Waals surface area contributed by atoms with E-state index in [9.17, 15) is 4.79 Å². The number of carbonyl (C=O) groups is 1. The molecule has 0 aliphatic heterocycles. The third-order valence-corrected chi connectivity index (χ3v) is 4.67. The third kappa shape index (κ3) is 2.82. The van der Waals surface area contributed by atoms with Crippen molar-refractivity contribution in [2.75, 3.05) is 12.4 Å². The van der Waals surface area contributed by atoms with Crippen molar-refractivity contribution in [3.8, 4) is 5.75 Å². The van der Waals surface area contributed by atoms with Gasteiger partial charge in [0.15, 0.2) is 5.13 Å². The molecule has 0 aliphatic rings. The number of nitrogens with zero attached hydrogens (tertiary/aromatic N) is 1. The third-order valence-electron chi connectivity index (χ3n) is 3.75. The van der Waals surface area contributed by atoms with Crippen molar-refractivity contribution in [3.63, 3.8) is 0 Å². The number of methoxy groups -OCH3 is 1. The number of aryl methyl sites for hydroxylation is 3. The number of benzene rings is 1. The molecule has 1 aromatic carbocycles. The summed E-state index contributed by atoms with van der Waals surface area (Å²) in [7, 11) is 1.60. The largest absolute Gasteiger partial charge is 0.497 e. The Morgan fingerprint density at radius 2 is 2.17 bits per heavy atom. The summed E-state index contributed by atoms with van der Waals surface area (Å²) in [6.07, 6.45) is 0.850. The maximum absolute atomic E-state index is 12.7. The van der Waals surface area contributed by atoms with Crippen LogP contribution in [0.4, 0.5) is 5.13 Å². The van der Waals surface area contributed by atoms with Gasteiger partial charge < -0.3 is 9.15 Å². The van der Waals surface area contributed by atoms with Crippen molar-refractivity contribution in [3.05, 3.63) is 40.1 Å². The molecule has 0 saturated carbocycles. The number of anilines is 1. The van der Waals surface area contributed by atoms with E-state index in [0.717, 1.165) is 22.4 Å². The number of ether oxygens (including phenoxy) is 1. The number of amides is 1. The zero-order valence-electron chi connectivity index (χ0n) is 13.5. The number of furan rings is 1. The maximum atomic E-state index is 12.7. The molecule has 0 fully saturated rings. The Bertz CT molecular complexity index is 879. The first-order chi connectivity index (χ1) is 11.0. The molecule has 6 heteroatoms. The van der Waals surface area contributed by atoms with Crippen LogP contribution in [0.15, 0.2) is 22.6 Å². The van der Waals surface area contributed by atoms with E-state index in [-0.39, 0.29) is 5.91 Å². The van der Waals surface area contributed by atoms with Crippen LogP contribution in [-0.4, -0.2) is 18.0 Å². The molecule has 3 rings (SSSR count). The summed E-state index contributed by atoms with van der Waals surface area (Å²) in [5, 5.41) is 4.23. The van der Waals surface area contributed by atoms with Crippen molar-refractivity contribution >= 4 is 33.3 Å². The van der Waals surface area contributed by atoms with Crippen LogP contribution >= 0.6 is 11.3 Å². The molecule has 1 N–H and O–H groups in total. The second kappa shape index (κ2) is 6.04. The highest BCUT2D eigenvalue weighted by atomic mass is 32.1. The van der Waals surface area contributed by atoms with E-state index in [1.807, 2.05) is 26.0 Å². The first-order valence-electron chi connectivity index (χ1n) is 7.38. The van der Waals surface area contributed by atoms with Gasteiger partial charge >= 0.3 is 0 Å². The van der Waals surface area contributed by atoms with Gasteiger partial charge in [-0.3, -0.25) is 10.1 Å². The fourth-order valence-corrected chi connectivity index (χ4v) is 3.47. The highest BCUT2D eigenvalue weighted by Crippen LogP contribution is 2.30. The van der Waals surface area contributed by atoms with Gasteiger partial charge in [-0.2, -0.15) is 0 Å². The van der Waals surface area contributed by atoms with Crippen molar-refractivity contribution in [1.29, 1.82) is 0 Å². The molecule has 2 heterocycles. The lowest BCUT2D eigenvalue weighted by molar-refractivity contribution is 0.102. The number of hydrogen-bond acceptors (Lipinski definition) is 5. The van der Waals surface area contributed by atoms with Crippen LogP contribution in [0.1, 0.15) is 33.6 Å². The molecule has 0 spiro atoms. The summed E-state index contributed by atoms with van der Waals surface area (Å²) in [4.78, 5) is 18.2. The van der Waals surface area contributed by atoms with E-state index in [4.69, 9.17) is 9.15 Å². The maximum Gasteiger partial charge on any atom is 0.261 e. The number of nitrogens with one attached hydrogen (secondary N) is 1. The van der Waals surface area contributed by atoms with Crippen LogP contribution in [-0.2, 0) is 6.42 Å². The van der Waals surface area contributed by atoms with E-state index in [1.165, 1.54) is 11.3 Å². The molecule has 0 saturated heterocycles. The normalized spacial score (nSPS) is 11.0. The Morgan fingerprint density at radius 3 is 2.83 bits per heavy atom. The van der Waals surface area contributed by atoms with Crippen molar-refractivity contribution in [2.24, 2.45) is 0 Å². The average molecular weight is 330 g/mol. The first kappa shape index (κ1) is 15.6. The average Bonchev–Trinajstić information content (AvgIpc) is 3.04. The lowest BCUT2D eigenvalue weighted by Gasteiger charge is -2.02. The van der Waals surface area contributed by atoms with Gasteiger partial charge in [0.2, 0.25) is 0 Å². The van der Waals surface area contributed by atoms with Gasteiger partial charge in [-0.05, 0) is 38.5 Å². The van der Waals surface area contributed by atoms with Crippen LogP contribution in [0.2, 0.25) is 0 Å². The van der Waals surface area contributed by atoms with Gasteiger partial charge in [-0.25, -0.2) is 4.98 Å². The molecule has 0 radical (unpaired) electrons. The predicted octanol–water partition coefficient (Wildman–Crippen LogP) is 4.33. The van der Waals surface area contributed by atoms with Gasteiger partial charge in [0.05, 0.1) is 18.4 Å². The Hall–Kier alpha value is -2.34. The minimum absolute atomic E-state index is 0.217. The van der Waals surface area contributed by atoms with Gasteiger partial charge in [-0.1, -0.05) is 6.92 Å². The highest BCUT2D eigenvalue weighted by molar-refractivity contribution is 7.15. The molecule has 5 nitrogen and oxygen atoms in total. The second-order valence-electron chi connectivity index (χ2n) is 5.22. The Balaban J connectivity index is 1.98. The van der Waals surface area contributed by atoms with Crippen LogP contribution in [0.3, 0.4) is 0 Å². The summed E-state index contributed by atoms with van der Waals surface area (Å²) >= 11 is 1.49. The van der Waals surface area contributed by atoms with Crippen molar-refractivity contribution in [1.82, 2.24) is 4.98 Å². The number of hydrogen-bond donors (Lipinski definition) is 1. The number of carbonyl (C=O) groups excluding carboxylic acids is 1. The fraction of sp³-hybridized carbons (Fsp3) is 0.294. The van der Waals surface area contributed by atoms with Crippen molar-refractivity contribution in [2.45, 2.75) is 27.2 Å². The first-order valence-corrected chi connectivity index (χ1v) is 8.20. The Labute approximate surface area is 138 Å². The molecule has 1 amide bonds. The van der Waals surface area contributed by atoms with Gasteiger partial charge in [0, 0.05) is 10.3 Å². The number of rotatable bonds is 4. The van der Waals surface area contributed by atoms with Crippen molar-refractivity contribution < 1.29 is 13.9 Å². The zero-order chi connectivity index (χ0) is 16.6. The minimum atomic E-state index is -0.217. The molecular formula is C17H18N2O3S. The summed E-state index contributed by atoms with van der Waals surface area (Å²) in [5.74, 6) is 1.05. The van der Waals surface area contributed by atoms with E-state index in [0.29, 0.717) is 27.8 Å². The molecule has 0 bridgehead atoms. The van der Waals surface area contributed by atoms with Crippen LogP contribution in [0.25, 0.3) is 11.0 Å². The predicted molar refractivity (Wildman–Crippen MR) is 91.7 cm³/mol. The standard InChI is InChI=1S/C17H18N2O3S/c1-5-13-10(3)23-17(18-13)19-16(20)15-9(2)22-14-7-6-11(21-4)8-12(14)15/h6-8H,5H2,1-4H3,(H,18,19,20). The monoisotopic (exact) mass is 330 g/mol. The molecular weight excluding hydrogens is 312 g/mol. The number of aromatic nitrogens is 1. The molecule has 0 unspecified atom stereocenters. The molecule has 2 aromatic heterocycles. The molecule has 23 heavy (non-hydrogen) atoms. The van der Waals surface area contributed by atoms with Gasteiger partial charge in [-0.15, -0.1) is 11.3 Å². The molecule has 0 aliphatic carbocycles. The summed E-state index contributed by atoms with van der Waals surface area (Å²) in [6, 6.07) is 5.43. The fourth-order valence-electron chi connectivity index (χ4n) is 2.58. The minimum Gasteiger partial charge on any atom is -0.497 e. The number of thiazole rings is 1. The van der Waals surface area contributed by atoms with E-state index in [1.54, 1.807) is 20.1 Å². The zero-order valence-corrected chi connectivity index (χ0v) is 14.3. The molecule has 3 aromatic rings. The van der Waals surface area contributed by atoms with E-state index in [2.05, 4.69) is 10.3 Å². The Kier molecular flexibility index (Phi) is 4.09. The van der Waals surface area contributed by atoms with E-state index < -0.39 is 0 Å². The van der Waals surface area contributed by atoms with Crippen LogP contribution in [0.5, 0.6) is 5.75 Å². The lowest BCUT2D eigenvalue weighted by atomic mass is 10.1. The SMILES string of the molecule is CCc1nc(NC(=O)c2c(C)oc3ccc(OC)cc23)sc1C. The molecule has 120 valence electrons. The quantitative estimate of drug-likeness (QED) is 0.773. The molecule has 0 atom stereocenters. The summed E-state index contributed by atoms with van der Waals surface area (Å²) in [5.41, 5.74) is 2.20. The van der Waals surface area contributed by atoms with Crippen LogP contribution < -0.4 is 10.1 Å². The summed E-state index contributed by atoms with van der Waals surface area (Å²) < 4.78 is 10.9. The number of fused-ring (bicyclic) bond motifs is 1. The smallest absolute Gasteiger partial charge is 0.261 e. The summed E-state index contributed by atoms with van der Waals surface area (Å²) in [6.45, 7) is 5.84. The van der Waals surface area contributed by atoms with Crippen LogP contribution in [0, 0.1) is 13.8 Å².